The van der Waals surface area contributed by atoms with E-state index >= 15 is 0 Å². The molecule has 0 aliphatic carbocycles. The van der Waals surface area contributed by atoms with Gasteiger partial charge in [0.2, 0.25) is 0 Å². The van der Waals surface area contributed by atoms with E-state index in [9.17, 15) is 14.9 Å². The van der Waals surface area contributed by atoms with Crippen molar-refractivity contribution in [3.8, 4) is 17.1 Å². The third-order valence-electron chi connectivity index (χ3n) is 6.13. The van der Waals surface area contributed by atoms with Crippen LogP contribution in [0.2, 0.25) is 0 Å². The Bertz CT molecular complexity index is 1750. The molecule has 9 heteroatoms. The number of rotatable bonds is 8. The summed E-state index contributed by atoms with van der Waals surface area (Å²) in [6, 6.07) is 28.5. The molecule has 0 radical (unpaired) electrons. The monoisotopic (exact) mass is 519 g/mol. The highest BCUT2D eigenvalue weighted by atomic mass is 16.6. The molecule has 194 valence electrons. The van der Waals surface area contributed by atoms with E-state index in [4.69, 9.17) is 9.72 Å². The Morgan fingerprint density at radius 3 is 2.51 bits per heavy atom. The van der Waals surface area contributed by atoms with Crippen molar-refractivity contribution in [3.63, 3.8) is 0 Å². The molecule has 0 aliphatic heterocycles. The zero-order valence-corrected chi connectivity index (χ0v) is 21.4. The number of nitro groups is 1. The van der Waals surface area contributed by atoms with Crippen LogP contribution in [0.15, 0.2) is 107 Å². The smallest absolute Gasteiger partial charge is 0.282 e. The van der Waals surface area contributed by atoms with Crippen molar-refractivity contribution in [1.29, 1.82) is 0 Å². The van der Waals surface area contributed by atoms with Gasteiger partial charge in [0.15, 0.2) is 5.82 Å². The number of para-hydroxylation sites is 1. The molecule has 1 aromatic heterocycles. The summed E-state index contributed by atoms with van der Waals surface area (Å²) in [6.07, 6.45) is 1.56. The van der Waals surface area contributed by atoms with Crippen LogP contribution in [-0.4, -0.2) is 34.9 Å². The first-order valence-electron chi connectivity index (χ1n) is 12.2. The number of ether oxygens (including phenoxy) is 1. The predicted molar refractivity (Wildman–Crippen MR) is 153 cm³/mol. The van der Waals surface area contributed by atoms with Gasteiger partial charge in [-0.1, -0.05) is 54.6 Å². The van der Waals surface area contributed by atoms with Gasteiger partial charge in [0.05, 0.1) is 22.0 Å². The van der Waals surface area contributed by atoms with Crippen molar-refractivity contribution < 1.29 is 9.66 Å². The van der Waals surface area contributed by atoms with Crippen molar-refractivity contribution in [1.82, 2.24) is 9.66 Å². The molecule has 0 N–H and O–H groups in total. The number of fused-ring (bicyclic) bond motifs is 1. The molecule has 0 atom stereocenters. The Hall–Kier alpha value is -5.31. The lowest BCUT2D eigenvalue weighted by Crippen LogP contribution is -2.20. The molecule has 0 saturated heterocycles. The van der Waals surface area contributed by atoms with Gasteiger partial charge in [0.25, 0.3) is 11.2 Å². The maximum Gasteiger partial charge on any atom is 0.282 e. The zero-order valence-electron chi connectivity index (χ0n) is 21.4. The standard InChI is InChI=1S/C30H25N5O4/c1-33(2)24-16-15-23(28(18-24)39-20-21-9-8-12-25(17-21)35(37)38)19-31-34-29(22-10-4-3-5-11-22)32-27-14-7-6-13-26(27)30(34)36/h3-19H,20H2,1-2H3. The van der Waals surface area contributed by atoms with Crippen LogP contribution in [0.5, 0.6) is 5.75 Å². The molecule has 1 heterocycles. The van der Waals surface area contributed by atoms with Gasteiger partial charge in [-0.2, -0.15) is 9.78 Å². The number of hydrogen-bond donors (Lipinski definition) is 0. The molecule has 0 amide bonds. The first-order valence-corrected chi connectivity index (χ1v) is 12.2. The summed E-state index contributed by atoms with van der Waals surface area (Å²) in [7, 11) is 3.83. The normalized spacial score (nSPS) is 11.1. The highest BCUT2D eigenvalue weighted by Crippen LogP contribution is 2.26. The summed E-state index contributed by atoms with van der Waals surface area (Å²) in [5.74, 6) is 0.930. The molecule has 5 rings (SSSR count). The number of nitro benzene ring substituents is 1. The van der Waals surface area contributed by atoms with Crippen molar-refractivity contribution in [3.05, 3.63) is 129 Å². The van der Waals surface area contributed by atoms with Crippen molar-refractivity contribution >= 4 is 28.5 Å². The molecule has 9 nitrogen and oxygen atoms in total. The molecule has 4 aromatic carbocycles. The third kappa shape index (κ3) is 5.52. The average Bonchev–Trinajstić information content (AvgIpc) is 2.96. The molecule has 0 saturated carbocycles. The highest BCUT2D eigenvalue weighted by molar-refractivity contribution is 5.85. The lowest BCUT2D eigenvalue weighted by atomic mass is 10.1. The van der Waals surface area contributed by atoms with Gasteiger partial charge >= 0.3 is 0 Å². The topological polar surface area (TPSA) is 103 Å². The Balaban J connectivity index is 1.56. The Kier molecular flexibility index (Phi) is 7.13. The van der Waals surface area contributed by atoms with Gasteiger partial charge in [-0.15, -0.1) is 0 Å². The molecule has 0 bridgehead atoms. The SMILES string of the molecule is CN(C)c1ccc(C=Nn2c(-c3ccccc3)nc3ccccc3c2=O)c(OCc2cccc([N+](=O)[O-])c2)c1. The summed E-state index contributed by atoms with van der Waals surface area (Å²) in [5, 5.41) is 16.2. The molecule has 0 spiro atoms. The number of nitrogens with zero attached hydrogens (tertiary/aromatic N) is 5. The Morgan fingerprint density at radius 2 is 1.74 bits per heavy atom. The number of aromatic nitrogens is 2. The second kappa shape index (κ2) is 11.0. The summed E-state index contributed by atoms with van der Waals surface area (Å²) in [6.45, 7) is 0.117. The fourth-order valence-corrected chi connectivity index (χ4v) is 4.08. The van der Waals surface area contributed by atoms with E-state index in [1.165, 1.54) is 16.8 Å². The lowest BCUT2D eigenvalue weighted by molar-refractivity contribution is -0.384. The Labute approximate surface area is 224 Å². The van der Waals surface area contributed by atoms with Crippen LogP contribution in [0.4, 0.5) is 11.4 Å². The molecular formula is C30H25N5O4. The second-order valence-corrected chi connectivity index (χ2v) is 9.01. The largest absolute Gasteiger partial charge is 0.488 e. The van der Waals surface area contributed by atoms with Crippen LogP contribution >= 0.6 is 0 Å². The summed E-state index contributed by atoms with van der Waals surface area (Å²) in [4.78, 5) is 30.9. The van der Waals surface area contributed by atoms with Crippen LogP contribution in [0.1, 0.15) is 11.1 Å². The fraction of sp³-hybridized carbons (Fsp3) is 0.100. The van der Waals surface area contributed by atoms with Crippen molar-refractivity contribution in [2.45, 2.75) is 6.61 Å². The zero-order chi connectivity index (χ0) is 27.4. The minimum absolute atomic E-state index is 0.00320. The minimum Gasteiger partial charge on any atom is -0.488 e. The molecule has 0 aliphatic rings. The van der Waals surface area contributed by atoms with E-state index in [1.54, 1.807) is 36.5 Å². The van der Waals surface area contributed by atoms with Gasteiger partial charge in [-0.05, 0) is 29.8 Å². The minimum atomic E-state index is -0.437. The summed E-state index contributed by atoms with van der Waals surface area (Å²) < 4.78 is 7.40. The number of non-ortho nitro benzene ring substituents is 1. The van der Waals surface area contributed by atoms with E-state index < -0.39 is 4.92 Å². The third-order valence-corrected chi connectivity index (χ3v) is 6.13. The van der Waals surface area contributed by atoms with E-state index in [-0.39, 0.29) is 17.9 Å². The highest BCUT2D eigenvalue weighted by Gasteiger charge is 2.13. The van der Waals surface area contributed by atoms with E-state index in [2.05, 4.69) is 5.10 Å². The second-order valence-electron chi connectivity index (χ2n) is 9.01. The Morgan fingerprint density at radius 1 is 0.974 bits per heavy atom. The maximum absolute atomic E-state index is 13.5. The van der Waals surface area contributed by atoms with Crippen LogP contribution < -0.4 is 15.2 Å². The first kappa shape index (κ1) is 25.3. The van der Waals surface area contributed by atoms with Crippen LogP contribution in [0.25, 0.3) is 22.3 Å². The molecule has 0 unspecified atom stereocenters. The van der Waals surface area contributed by atoms with Gasteiger partial charge in [-0.25, -0.2) is 4.98 Å². The van der Waals surface area contributed by atoms with E-state index in [1.807, 2.05) is 73.6 Å². The van der Waals surface area contributed by atoms with Crippen molar-refractivity contribution in [2.24, 2.45) is 5.10 Å². The van der Waals surface area contributed by atoms with E-state index in [0.717, 1.165) is 11.3 Å². The van der Waals surface area contributed by atoms with Gasteiger partial charge in [0, 0.05) is 49.1 Å². The van der Waals surface area contributed by atoms with Crippen LogP contribution in [0, 0.1) is 10.1 Å². The quantitative estimate of drug-likeness (QED) is 0.152. The average molecular weight is 520 g/mol. The molecule has 5 aromatic rings. The molecule has 39 heavy (non-hydrogen) atoms. The van der Waals surface area contributed by atoms with E-state index in [0.29, 0.717) is 33.6 Å². The van der Waals surface area contributed by atoms with Gasteiger partial charge < -0.3 is 9.64 Å². The van der Waals surface area contributed by atoms with Crippen LogP contribution in [-0.2, 0) is 6.61 Å². The number of anilines is 1. The van der Waals surface area contributed by atoms with Crippen LogP contribution in [0.3, 0.4) is 0 Å². The van der Waals surface area contributed by atoms with Gasteiger partial charge in [-0.3, -0.25) is 14.9 Å². The maximum atomic E-state index is 13.5. The summed E-state index contributed by atoms with van der Waals surface area (Å²) >= 11 is 0. The number of benzene rings is 4. The molecular weight excluding hydrogens is 494 g/mol. The lowest BCUT2D eigenvalue weighted by Gasteiger charge is -2.16. The first-order chi connectivity index (χ1) is 18.9. The predicted octanol–water partition coefficient (Wildman–Crippen LogP) is 5.50. The summed E-state index contributed by atoms with van der Waals surface area (Å²) in [5.41, 5.74) is 3.23. The van der Waals surface area contributed by atoms with Crippen molar-refractivity contribution in [2.75, 3.05) is 19.0 Å². The van der Waals surface area contributed by atoms with Gasteiger partial charge in [0.1, 0.15) is 12.4 Å². The number of hydrogen-bond acceptors (Lipinski definition) is 7. The molecule has 0 fully saturated rings. The fourth-order valence-electron chi connectivity index (χ4n) is 4.08.